The fourth-order valence-electron chi connectivity index (χ4n) is 2.99. The minimum absolute atomic E-state index is 0.0505. The molecule has 3 aromatic rings. The largest absolute Gasteiger partial charge is 0.465 e. The van der Waals surface area contributed by atoms with E-state index in [2.05, 4.69) is 10.3 Å². The Morgan fingerprint density at radius 2 is 1.83 bits per heavy atom. The number of esters is 1. The number of aromatic nitrogens is 3. The molecule has 2 heterocycles. The SMILES string of the molecule is CCOC(=O)CNC(=O)Cn1c(=O)n(Cc2ccc(C)cc2)c(=O)c2ncccc21. The highest BCUT2D eigenvalue weighted by Crippen LogP contribution is 2.07. The molecule has 0 aliphatic rings. The monoisotopic (exact) mass is 410 g/mol. The van der Waals surface area contributed by atoms with Crippen LogP contribution in [0.4, 0.5) is 0 Å². The molecule has 0 radical (unpaired) electrons. The maximum Gasteiger partial charge on any atom is 0.332 e. The zero-order valence-electron chi connectivity index (χ0n) is 16.8. The molecule has 1 aromatic carbocycles. The van der Waals surface area contributed by atoms with Crippen molar-refractivity contribution in [2.75, 3.05) is 13.2 Å². The third kappa shape index (κ3) is 4.62. The van der Waals surface area contributed by atoms with E-state index >= 15 is 0 Å². The second-order valence-corrected chi connectivity index (χ2v) is 6.70. The van der Waals surface area contributed by atoms with Gasteiger partial charge < -0.3 is 10.1 Å². The van der Waals surface area contributed by atoms with E-state index in [9.17, 15) is 19.2 Å². The van der Waals surface area contributed by atoms with E-state index in [1.807, 2.05) is 31.2 Å². The number of fused-ring (bicyclic) bond motifs is 1. The molecule has 1 amide bonds. The Kier molecular flexibility index (Phi) is 6.41. The van der Waals surface area contributed by atoms with Crippen LogP contribution in [0.1, 0.15) is 18.1 Å². The predicted molar refractivity (Wildman–Crippen MR) is 110 cm³/mol. The van der Waals surface area contributed by atoms with Gasteiger partial charge in [-0.05, 0) is 31.5 Å². The molecular weight excluding hydrogens is 388 g/mol. The number of amides is 1. The highest BCUT2D eigenvalue weighted by atomic mass is 16.5. The Balaban J connectivity index is 1.98. The van der Waals surface area contributed by atoms with Gasteiger partial charge in [0.2, 0.25) is 5.91 Å². The average Bonchev–Trinajstić information content (AvgIpc) is 2.74. The van der Waals surface area contributed by atoms with Gasteiger partial charge in [-0.15, -0.1) is 0 Å². The molecule has 0 spiro atoms. The molecule has 0 unspecified atom stereocenters. The summed E-state index contributed by atoms with van der Waals surface area (Å²) < 4.78 is 7.00. The summed E-state index contributed by atoms with van der Waals surface area (Å²) in [5.74, 6) is -1.13. The maximum absolute atomic E-state index is 13.1. The third-order valence-electron chi connectivity index (χ3n) is 4.48. The van der Waals surface area contributed by atoms with Gasteiger partial charge >= 0.3 is 11.7 Å². The van der Waals surface area contributed by atoms with E-state index in [0.29, 0.717) is 0 Å². The van der Waals surface area contributed by atoms with Crippen LogP contribution in [0.5, 0.6) is 0 Å². The van der Waals surface area contributed by atoms with Crippen molar-refractivity contribution in [2.24, 2.45) is 0 Å². The van der Waals surface area contributed by atoms with Crippen LogP contribution in [-0.2, 0) is 27.4 Å². The van der Waals surface area contributed by atoms with E-state index < -0.39 is 23.1 Å². The minimum Gasteiger partial charge on any atom is -0.465 e. The molecule has 156 valence electrons. The van der Waals surface area contributed by atoms with Crippen LogP contribution in [0, 0.1) is 6.92 Å². The van der Waals surface area contributed by atoms with Gasteiger partial charge in [-0.25, -0.2) is 9.78 Å². The van der Waals surface area contributed by atoms with Crippen LogP contribution in [0.15, 0.2) is 52.2 Å². The molecule has 2 aromatic heterocycles. The summed E-state index contributed by atoms with van der Waals surface area (Å²) in [6, 6.07) is 10.6. The van der Waals surface area contributed by atoms with Gasteiger partial charge in [0, 0.05) is 6.20 Å². The van der Waals surface area contributed by atoms with Gasteiger partial charge in [0.15, 0.2) is 5.52 Å². The van der Waals surface area contributed by atoms with Crippen molar-refractivity contribution in [2.45, 2.75) is 26.9 Å². The van der Waals surface area contributed by atoms with Crippen molar-refractivity contribution < 1.29 is 14.3 Å². The second-order valence-electron chi connectivity index (χ2n) is 6.70. The molecule has 0 aliphatic carbocycles. The first-order valence-corrected chi connectivity index (χ1v) is 9.47. The zero-order chi connectivity index (χ0) is 21.7. The first-order chi connectivity index (χ1) is 14.4. The van der Waals surface area contributed by atoms with Crippen LogP contribution in [0.3, 0.4) is 0 Å². The quantitative estimate of drug-likeness (QED) is 0.571. The van der Waals surface area contributed by atoms with Gasteiger partial charge in [-0.3, -0.25) is 23.5 Å². The molecule has 0 aliphatic heterocycles. The van der Waals surface area contributed by atoms with Crippen molar-refractivity contribution in [3.8, 4) is 0 Å². The molecule has 9 heteroatoms. The van der Waals surface area contributed by atoms with Gasteiger partial charge in [0.1, 0.15) is 13.1 Å². The third-order valence-corrected chi connectivity index (χ3v) is 4.48. The molecular formula is C21H22N4O5. The van der Waals surface area contributed by atoms with Crippen LogP contribution in [-0.4, -0.2) is 39.1 Å². The van der Waals surface area contributed by atoms with E-state index in [4.69, 9.17) is 4.74 Å². The first kappa shape index (κ1) is 21.0. The van der Waals surface area contributed by atoms with Crippen molar-refractivity contribution in [1.82, 2.24) is 19.4 Å². The predicted octanol–water partition coefficient (Wildman–Crippen LogP) is 0.594. The van der Waals surface area contributed by atoms with Crippen molar-refractivity contribution in [1.29, 1.82) is 0 Å². The number of nitrogens with zero attached hydrogens (tertiary/aromatic N) is 3. The molecule has 3 rings (SSSR count). The molecule has 0 saturated heterocycles. The van der Waals surface area contributed by atoms with Crippen LogP contribution >= 0.6 is 0 Å². The van der Waals surface area contributed by atoms with Crippen LogP contribution in [0.2, 0.25) is 0 Å². The number of aryl methyl sites for hydroxylation is 1. The molecule has 0 atom stereocenters. The van der Waals surface area contributed by atoms with Gasteiger partial charge in [0.05, 0.1) is 18.7 Å². The molecule has 9 nitrogen and oxygen atoms in total. The number of benzene rings is 1. The van der Waals surface area contributed by atoms with Crippen LogP contribution in [0.25, 0.3) is 11.0 Å². The lowest BCUT2D eigenvalue weighted by Gasteiger charge is -2.14. The minimum atomic E-state index is -0.632. The van der Waals surface area contributed by atoms with Crippen molar-refractivity contribution in [3.05, 3.63) is 74.6 Å². The summed E-state index contributed by atoms with van der Waals surface area (Å²) in [4.78, 5) is 53.8. The highest BCUT2D eigenvalue weighted by molar-refractivity contribution is 5.83. The Hall–Kier alpha value is -3.75. The zero-order valence-corrected chi connectivity index (χ0v) is 16.8. The molecule has 30 heavy (non-hydrogen) atoms. The van der Waals surface area contributed by atoms with E-state index in [0.717, 1.165) is 15.7 Å². The van der Waals surface area contributed by atoms with Gasteiger partial charge in [-0.1, -0.05) is 29.8 Å². The number of carbonyl (C=O) groups excluding carboxylic acids is 2. The molecule has 0 bridgehead atoms. The smallest absolute Gasteiger partial charge is 0.332 e. The Labute approximate surface area is 171 Å². The van der Waals surface area contributed by atoms with Gasteiger partial charge in [0.25, 0.3) is 5.56 Å². The second kappa shape index (κ2) is 9.17. The maximum atomic E-state index is 13.1. The number of carbonyl (C=O) groups is 2. The Bertz CT molecular complexity index is 1190. The number of ether oxygens (including phenoxy) is 1. The van der Waals surface area contributed by atoms with E-state index in [-0.39, 0.29) is 37.3 Å². The number of pyridine rings is 1. The number of hydrogen-bond donors (Lipinski definition) is 1. The summed E-state index contributed by atoms with van der Waals surface area (Å²) in [6.07, 6.45) is 1.45. The fourth-order valence-corrected chi connectivity index (χ4v) is 2.99. The lowest BCUT2D eigenvalue weighted by Crippen LogP contribution is -2.43. The number of hydrogen-bond acceptors (Lipinski definition) is 6. The summed E-state index contributed by atoms with van der Waals surface area (Å²) in [7, 11) is 0. The first-order valence-electron chi connectivity index (χ1n) is 9.47. The van der Waals surface area contributed by atoms with E-state index in [1.54, 1.807) is 19.1 Å². The normalized spacial score (nSPS) is 10.7. The summed E-state index contributed by atoms with van der Waals surface area (Å²) in [6.45, 7) is 3.19. The fraction of sp³-hybridized carbons (Fsp3) is 0.286. The molecule has 0 fully saturated rings. The number of rotatable bonds is 7. The van der Waals surface area contributed by atoms with Crippen molar-refractivity contribution >= 4 is 22.9 Å². The number of nitrogens with one attached hydrogen (secondary N) is 1. The van der Waals surface area contributed by atoms with Crippen molar-refractivity contribution in [3.63, 3.8) is 0 Å². The Morgan fingerprint density at radius 1 is 1.10 bits per heavy atom. The summed E-state index contributed by atoms with van der Waals surface area (Å²) >= 11 is 0. The van der Waals surface area contributed by atoms with Crippen LogP contribution < -0.4 is 16.6 Å². The summed E-state index contributed by atoms with van der Waals surface area (Å²) in [5.41, 5.74) is 1.00. The lowest BCUT2D eigenvalue weighted by atomic mass is 10.1. The molecule has 0 saturated carbocycles. The van der Waals surface area contributed by atoms with E-state index in [1.165, 1.54) is 10.8 Å². The highest BCUT2D eigenvalue weighted by Gasteiger charge is 2.17. The average molecular weight is 410 g/mol. The molecule has 1 N–H and O–H groups in total. The standard InChI is InChI=1S/C21H22N4O5/c1-3-30-18(27)11-23-17(26)13-24-16-5-4-10-22-19(16)20(28)25(21(24)29)12-15-8-6-14(2)7-9-15/h4-10H,3,11-13H2,1-2H3,(H,23,26). The Morgan fingerprint density at radius 3 is 2.53 bits per heavy atom. The lowest BCUT2D eigenvalue weighted by molar-refractivity contribution is -0.143. The van der Waals surface area contributed by atoms with Gasteiger partial charge in [-0.2, -0.15) is 0 Å². The topological polar surface area (TPSA) is 112 Å². The summed E-state index contributed by atoms with van der Waals surface area (Å²) in [5, 5.41) is 2.42.